The van der Waals surface area contributed by atoms with E-state index in [1.165, 1.54) is 46.2 Å². The van der Waals surface area contributed by atoms with Gasteiger partial charge in [0.05, 0.1) is 17.3 Å². The zero-order chi connectivity index (χ0) is 22.1. The minimum atomic E-state index is 0. The van der Waals surface area contributed by atoms with E-state index >= 15 is 0 Å². The van der Waals surface area contributed by atoms with Crippen molar-refractivity contribution < 1.29 is 0 Å². The molecule has 3 nitrogen and oxygen atoms in total. The van der Waals surface area contributed by atoms with E-state index in [0.717, 1.165) is 25.2 Å². The molecule has 4 aromatic rings. The Morgan fingerprint density at radius 3 is 2.30 bits per heavy atom. The van der Waals surface area contributed by atoms with Crippen molar-refractivity contribution in [2.24, 2.45) is 0 Å². The lowest BCUT2D eigenvalue weighted by atomic mass is 9.84. The summed E-state index contributed by atoms with van der Waals surface area (Å²) in [7, 11) is 0. The molecule has 1 fully saturated rings. The van der Waals surface area contributed by atoms with E-state index in [2.05, 4.69) is 84.4 Å². The van der Waals surface area contributed by atoms with Crippen molar-refractivity contribution >= 4 is 23.3 Å². The quantitative estimate of drug-likeness (QED) is 0.355. The van der Waals surface area contributed by atoms with Gasteiger partial charge in [0, 0.05) is 17.4 Å². The molecule has 5 rings (SSSR count). The van der Waals surface area contributed by atoms with Crippen molar-refractivity contribution in [3.8, 4) is 17.3 Å². The highest BCUT2D eigenvalue weighted by atomic mass is 35.5. The summed E-state index contributed by atoms with van der Waals surface area (Å²) >= 11 is 0. The molecule has 0 bridgehead atoms. The summed E-state index contributed by atoms with van der Waals surface area (Å²) in [5, 5.41) is 10.6. The van der Waals surface area contributed by atoms with Crippen molar-refractivity contribution in [1.29, 1.82) is 5.26 Å². The molecule has 1 aliphatic rings. The molecule has 0 unspecified atom stereocenters. The number of aromatic nitrogens is 1. The van der Waals surface area contributed by atoms with E-state index in [9.17, 15) is 5.26 Å². The summed E-state index contributed by atoms with van der Waals surface area (Å²) in [4.78, 5) is 6.21. The van der Waals surface area contributed by atoms with Crippen molar-refractivity contribution in [1.82, 2.24) is 9.88 Å². The highest BCUT2D eigenvalue weighted by molar-refractivity contribution is 5.91. The first kappa shape index (κ1) is 23.1. The molecule has 0 aliphatic carbocycles. The number of benzene rings is 3. The highest BCUT2D eigenvalue weighted by Crippen LogP contribution is 2.36. The Labute approximate surface area is 202 Å². The Morgan fingerprint density at radius 1 is 0.939 bits per heavy atom. The van der Waals surface area contributed by atoms with Crippen LogP contribution in [0.15, 0.2) is 66.7 Å². The predicted octanol–water partition coefficient (Wildman–Crippen LogP) is 7.12. The maximum Gasteiger partial charge on any atom is 0.0992 e. The number of likely N-dealkylation sites (tertiary alicyclic amines) is 1. The summed E-state index contributed by atoms with van der Waals surface area (Å²) in [6.07, 6.45) is 2.40. The standard InChI is InChI=1S/C29H29N3.ClH/c1-20-7-6-8-21(2)28(20)23-13-15-32(16-14-23)19-26-25-12-11-22(18-30)17-27(25)31-29(26)24-9-4-3-5-10-24;/h3-12,17,23,31H,13-16,19H2,1-2H3;1H. The zero-order valence-corrected chi connectivity index (χ0v) is 20.1. The Bertz CT molecular complexity index is 1270. The molecule has 1 aliphatic heterocycles. The first-order valence-electron chi connectivity index (χ1n) is 11.5. The Kier molecular flexibility index (Phi) is 6.88. The molecule has 1 N–H and O–H groups in total. The summed E-state index contributed by atoms with van der Waals surface area (Å²) in [6, 6.07) is 25.5. The van der Waals surface area contributed by atoms with Gasteiger partial charge in [-0.2, -0.15) is 5.26 Å². The van der Waals surface area contributed by atoms with E-state index in [1.807, 2.05) is 12.1 Å². The van der Waals surface area contributed by atoms with Gasteiger partial charge in [0.15, 0.2) is 0 Å². The van der Waals surface area contributed by atoms with Crippen LogP contribution in [0.5, 0.6) is 0 Å². The minimum Gasteiger partial charge on any atom is -0.354 e. The number of hydrogen-bond acceptors (Lipinski definition) is 2. The van der Waals surface area contributed by atoms with Gasteiger partial charge in [-0.1, -0.05) is 54.6 Å². The van der Waals surface area contributed by atoms with Gasteiger partial charge in [0.2, 0.25) is 0 Å². The number of aryl methyl sites for hydroxylation is 2. The number of halogens is 1. The topological polar surface area (TPSA) is 42.8 Å². The van der Waals surface area contributed by atoms with Gasteiger partial charge in [-0.25, -0.2) is 0 Å². The fourth-order valence-corrected chi connectivity index (χ4v) is 5.42. The summed E-state index contributed by atoms with van der Waals surface area (Å²) in [5.41, 5.74) is 9.87. The van der Waals surface area contributed by atoms with Crippen LogP contribution >= 0.6 is 12.4 Å². The van der Waals surface area contributed by atoms with Crippen LogP contribution < -0.4 is 0 Å². The van der Waals surface area contributed by atoms with Crippen LogP contribution in [0.2, 0.25) is 0 Å². The number of nitriles is 1. The molecule has 0 amide bonds. The van der Waals surface area contributed by atoms with E-state index in [0.29, 0.717) is 11.5 Å². The predicted molar refractivity (Wildman–Crippen MR) is 139 cm³/mol. The summed E-state index contributed by atoms with van der Waals surface area (Å²) < 4.78 is 0. The molecule has 33 heavy (non-hydrogen) atoms. The van der Waals surface area contributed by atoms with Crippen molar-refractivity contribution in [3.05, 3.63) is 94.5 Å². The molecule has 0 atom stereocenters. The molecule has 1 aromatic heterocycles. The van der Waals surface area contributed by atoms with Crippen molar-refractivity contribution in [3.63, 3.8) is 0 Å². The molecular weight excluding hydrogens is 426 g/mol. The molecule has 2 heterocycles. The number of nitrogens with zero attached hydrogens (tertiary/aromatic N) is 2. The number of aromatic amines is 1. The molecule has 0 saturated carbocycles. The molecular formula is C29H30ClN3. The van der Waals surface area contributed by atoms with Crippen LogP contribution in [0, 0.1) is 25.2 Å². The zero-order valence-electron chi connectivity index (χ0n) is 19.3. The first-order chi connectivity index (χ1) is 15.6. The van der Waals surface area contributed by atoms with Gasteiger partial charge >= 0.3 is 0 Å². The smallest absolute Gasteiger partial charge is 0.0992 e. The highest BCUT2D eigenvalue weighted by Gasteiger charge is 2.24. The van der Waals surface area contributed by atoms with Crippen LogP contribution in [0.25, 0.3) is 22.2 Å². The SMILES string of the molecule is Cc1cccc(C)c1C1CCN(Cc2c(-c3ccccc3)[nH]c3cc(C#N)ccc23)CC1.Cl. The number of rotatable bonds is 4. The Hall–Kier alpha value is -3.06. The van der Waals surface area contributed by atoms with E-state index in [1.54, 1.807) is 5.56 Å². The van der Waals surface area contributed by atoms with Crippen LogP contribution in [0.3, 0.4) is 0 Å². The first-order valence-corrected chi connectivity index (χ1v) is 11.5. The third-order valence-corrected chi connectivity index (χ3v) is 7.02. The second-order valence-electron chi connectivity index (χ2n) is 9.07. The third-order valence-electron chi connectivity index (χ3n) is 7.02. The third kappa shape index (κ3) is 4.55. The van der Waals surface area contributed by atoms with Gasteiger partial charge in [-0.05, 0) is 85.6 Å². The lowest BCUT2D eigenvalue weighted by molar-refractivity contribution is 0.205. The van der Waals surface area contributed by atoms with Crippen molar-refractivity contribution in [2.75, 3.05) is 13.1 Å². The van der Waals surface area contributed by atoms with Gasteiger partial charge < -0.3 is 4.98 Å². The lowest BCUT2D eigenvalue weighted by Gasteiger charge is -2.33. The largest absolute Gasteiger partial charge is 0.354 e. The number of H-pyrrole nitrogens is 1. The number of nitrogens with one attached hydrogen (secondary N) is 1. The Balaban J connectivity index is 0.00000259. The average molecular weight is 456 g/mol. The molecule has 0 spiro atoms. The van der Waals surface area contributed by atoms with Crippen LogP contribution in [0.1, 0.15) is 46.6 Å². The van der Waals surface area contributed by atoms with Gasteiger partial charge in [0.1, 0.15) is 0 Å². The number of fused-ring (bicyclic) bond motifs is 1. The lowest BCUT2D eigenvalue weighted by Crippen LogP contribution is -2.33. The fraction of sp³-hybridized carbons (Fsp3) is 0.276. The fourth-order valence-electron chi connectivity index (χ4n) is 5.42. The second kappa shape index (κ2) is 9.83. The van der Waals surface area contributed by atoms with Crippen molar-refractivity contribution in [2.45, 2.75) is 39.2 Å². The van der Waals surface area contributed by atoms with Gasteiger partial charge in [0.25, 0.3) is 0 Å². The minimum absolute atomic E-state index is 0. The summed E-state index contributed by atoms with van der Waals surface area (Å²) in [6.45, 7) is 7.64. The molecule has 1 saturated heterocycles. The van der Waals surface area contributed by atoms with E-state index in [-0.39, 0.29) is 12.4 Å². The Morgan fingerprint density at radius 2 is 1.64 bits per heavy atom. The second-order valence-corrected chi connectivity index (χ2v) is 9.07. The van der Waals surface area contributed by atoms with Crippen LogP contribution in [0.4, 0.5) is 0 Å². The maximum absolute atomic E-state index is 9.34. The van der Waals surface area contributed by atoms with Gasteiger partial charge in [-0.15, -0.1) is 12.4 Å². The molecule has 0 radical (unpaired) electrons. The molecule has 4 heteroatoms. The van der Waals surface area contributed by atoms with Crippen LogP contribution in [-0.2, 0) is 6.54 Å². The number of hydrogen-bond donors (Lipinski definition) is 1. The normalized spacial score (nSPS) is 14.7. The molecule has 3 aromatic carbocycles. The molecule has 168 valence electrons. The number of piperidine rings is 1. The van der Waals surface area contributed by atoms with Gasteiger partial charge in [-0.3, -0.25) is 4.90 Å². The van der Waals surface area contributed by atoms with E-state index < -0.39 is 0 Å². The average Bonchev–Trinajstić information content (AvgIpc) is 3.18. The van der Waals surface area contributed by atoms with E-state index in [4.69, 9.17) is 0 Å². The summed E-state index contributed by atoms with van der Waals surface area (Å²) in [5.74, 6) is 0.655. The maximum atomic E-state index is 9.34. The monoisotopic (exact) mass is 455 g/mol. The van der Waals surface area contributed by atoms with Crippen LogP contribution in [-0.4, -0.2) is 23.0 Å².